The number of rotatable bonds is 2. The highest BCUT2D eigenvalue weighted by atomic mass is 16.6. The zero-order chi connectivity index (χ0) is 22.4. The van der Waals surface area contributed by atoms with Crippen LogP contribution in [0.1, 0.15) is 48.1 Å². The molecule has 1 N–H and O–H groups in total. The average molecular weight is 432 g/mol. The number of aryl methyl sites for hydroxylation is 1. The van der Waals surface area contributed by atoms with Crippen LogP contribution < -0.4 is 10.3 Å². The van der Waals surface area contributed by atoms with Crippen LogP contribution in [0.2, 0.25) is 0 Å². The molecule has 5 heterocycles. The highest BCUT2D eigenvalue weighted by molar-refractivity contribution is 5.97. The number of carbonyl (C=O) groups excluding carboxylic acids is 2. The molecule has 0 radical (unpaired) electrons. The van der Waals surface area contributed by atoms with Crippen molar-refractivity contribution in [2.24, 2.45) is 0 Å². The fourth-order valence-corrected chi connectivity index (χ4v) is 5.29. The van der Waals surface area contributed by atoms with Gasteiger partial charge in [0.2, 0.25) is 0 Å². The van der Waals surface area contributed by atoms with Gasteiger partial charge in [-0.25, -0.2) is 9.78 Å². The quantitative estimate of drug-likeness (QED) is 0.382. The van der Waals surface area contributed by atoms with Gasteiger partial charge in [0.1, 0.15) is 12.4 Å². The Balaban J connectivity index is 1.66. The minimum Gasteiger partial charge on any atom is -0.458 e. The third-order valence-corrected chi connectivity index (χ3v) is 6.93. The summed E-state index contributed by atoms with van der Waals surface area (Å²) in [4.78, 5) is 42.5. The molecule has 3 aliphatic heterocycles. The second-order valence-corrected chi connectivity index (χ2v) is 8.46. The molecular formula is C24H20N2O6. The number of aliphatic hydroxyl groups is 1. The molecule has 32 heavy (non-hydrogen) atoms. The maximum Gasteiger partial charge on any atom is 0.343 e. The molecule has 0 spiro atoms. The van der Waals surface area contributed by atoms with Crippen LogP contribution in [-0.4, -0.2) is 26.6 Å². The first-order chi connectivity index (χ1) is 15.4. The van der Waals surface area contributed by atoms with Crippen LogP contribution in [0.3, 0.4) is 0 Å². The predicted molar refractivity (Wildman–Crippen MR) is 113 cm³/mol. The lowest BCUT2D eigenvalue weighted by Gasteiger charge is -2.31. The number of benzene rings is 1. The van der Waals surface area contributed by atoms with E-state index in [1.165, 1.54) is 0 Å². The third kappa shape index (κ3) is 2.25. The largest absolute Gasteiger partial charge is 0.458 e. The van der Waals surface area contributed by atoms with Gasteiger partial charge in [-0.3, -0.25) is 9.59 Å². The lowest BCUT2D eigenvalue weighted by Crippen LogP contribution is -2.44. The number of hydrogen-bond acceptors (Lipinski definition) is 7. The van der Waals surface area contributed by atoms with Gasteiger partial charge < -0.3 is 19.1 Å². The second-order valence-electron chi connectivity index (χ2n) is 8.46. The zero-order valence-electron chi connectivity index (χ0n) is 17.7. The minimum absolute atomic E-state index is 0.0973. The number of esters is 2. The van der Waals surface area contributed by atoms with Gasteiger partial charge in [-0.15, -0.1) is 0 Å². The van der Waals surface area contributed by atoms with Crippen molar-refractivity contribution in [1.29, 1.82) is 0 Å². The summed E-state index contributed by atoms with van der Waals surface area (Å²) in [5.74, 6) is -0.465. The van der Waals surface area contributed by atoms with E-state index >= 15 is 0 Å². The minimum atomic E-state index is -1.85. The van der Waals surface area contributed by atoms with Gasteiger partial charge in [0.15, 0.2) is 5.60 Å². The predicted octanol–water partition coefficient (Wildman–Crippen LogP) is 2.10. The van der Waals surface area contributed by atoms with Crippen molar-refractivity contribution < 1.29 is 24.2 Å². The van der Waals surface area contributed by atoms with Crippen LogP contribution in [0.5, 0.6) is 5.75 Å². The van der Waals surface area contributed by atoms with E-state index in [-0.39, 0.29) is 31.0 Å². The standard InChI is InChI=1S/C24H20N2O6/c1-3-11-13-9-26-17(8-15-14(22(26)28)10-31-23(29)24(15,30)4-2)21(13)25-16-5-6-18-12(20(11)16)7-19(27)32-18/h5-6,8,30H,3-4,7,9-10H2,1-2H3/t24-/m0/s1. The van der Waals surface area contributed by atoms with Gasteiger partial charge >= 0.3 is 11.9 Å². The van der Waals surface area contributed by atoms with Crippen LogP contribution >= 0.6 is 0 Å². The number of fused-ring (bicyclic) bond motifs is 7. The number of hydrogen-bond donors (Lipinski definition) is 1. The fourth-order valence-electron chi connectivity index (χ4n) is 5.29. The molecule has 1 atom stereocenters. The average Bonchev–Trinajstić information content (AvgIpc) is 3.35. The molecule has 0 unspecified atom stereocenters. The van der Waals surface area contributed by atoms with Crippen LogP contribution in [0.4, 0.5) is 0 Å². The molecule has 0 fully saturated rings. The second kappa shape index (κ2) is 6.26. The van der Waals surface area contributed by atoms with E-state index in [1.54, 1.807) is 23.6 Å². The Morgan fingerprint density at radius 1 is 1.16 bits per heavy atom. The van der Waals surface area contributed by atoms with Gasteiger partial charge in [0.25, 0.3) is 5.56 Å². The Morgan fingerprint density at radius 2 is 1.97 bits per heavy atom. The number of ether oxygens (including phenoxy) is 2. The molecule has 0 aliphatic carbocycles. The summed E-state index contributed by atoms with van der Waals surface area (Å²) in [5, 5.41) is 11.9. The van der Waals surface area contributed by atoms with Crippen LogP contribution in [0, 0.1) is 0 Å². The van der Waals surface area contributed by atoms with E-state index in [0.29, 0.717) is 41.2 Å². The van der Waals surface area contributed by atoms with Crippen molar-refractivity contribution in [3.05, 3.63) is 56.4 Å². The van der Waals surface area contributed by atoms with Crippen LogP contribution in [0.15, 0.2) is 23.0 Å². The van der Waals surface area contributed by atoms with Crippen molar-refractivity contribution >= 4 is 22.8 Å². The highest BCUT2D eigenvalue weighted by Gasteiger charge is 2.45. The first kappa shape index (κ1) is 19.2. The summed E-state index contributed by atoms with van der Waals surface area (Å²) in [5.41, 5.74) is 3.20. The molecule has 0 saturated carbocycles. The number of carbonyl (C=O) groups is 2. The summed E-state index contributed by atoms with van der Waals surface area (Å²) < 4.78 is 12.1. The lowest BCUT2D eigenvalue weighted by atomic mass is 9.86. The van der Waals surface area contributed by atoms with Gasteiger partial charge in [0.05, 0.1) is 35.4 Å². The van der Waals surface area contributed by atoms with Crippen LogP contribution in [-0.2, 0) is 45.9 Å². The molecule has 0 saturated heterocycles. The lowest BCUT2D eigenvalue weighted by molar-refractivity contribution is -0.172. The molecule has 0 amide bonds. The summed E-state index contributed by atoms with van der Waals surface area (Å²) in [6.45, 7) is 3.89. The molecule has 3 aliphatic rings. The van der Waals surface area contributed by atoms with E-state index in [2.05, 4.69) is 0 Å². The van der Waals surface area contributed by atoms with Gasteiger partial charge in [0, 0.05) is 22.1 Å². The Hall–Kier alpha value is -3.52. The van der Waals surface area contributed by atoms with Crippen molar-refractivity contribution in [2.75, 3.05) is 0 Å². The highest BCUT2D eigenvalue weighted by Crippen LogP contribution is 2.42. The van der Waals surface area contributed by atoms with Crippen molar-refractivity contribution in [2.45, 2.75) is 51.9 Å². The molecular weight excluding hydrogens is 412 g/mol. The molecule has 6 rings (SSSR count). The first-order valence-corrected chi connectivity index (χ1v) is 10.7. The number of nitrogens with zero attached hydrogens (tertiary/aromatic N) is 2. The maximum atomic E-state index is 13.4. The summed E-state index contributed by atoms with van der Waals surface area (Å²) in [6, 6.07) is 5.29. The van der Waals surface area contributed by atoms with E-state index in [4.69, 9.17) is 14.5 Å². The fraction of sp³-hybridized carbons (Fsp3) is 0.333. The number of cyclic esters (lactones) is 1. The first-order valence-electron chi connectivity index (χ1n) is 10.7. The Kier molecular flexibility index (Phi) is 3.75. The Morgan fingerprint density at radius 3 is 2.72 bits per heavy atom. The normalized spacial score (nSPS) is 20.5. The van der Waals surface area contributed by atoms with Crippen molar-refractivity contribution in [3.63, 3.8) is 0 Å². The summed E-state index contributed by atoms with van der Waals surface area (Å²) >= 11 is 0. The Labute approximate surface area is 182 Å². The molecule has 8 heteroatoms. The monoisotopic (exact) mass is 432 g/mol. The third-order valence-electron chi connectivity index (χ3n) is 6.93. The van der Waals surface area contributed by atoms with Crippen molar-refractivity contribution in [3.8, 4) is 17.1 Å². The molecule has 162 valence electrons. The van der Waals surface area contributed by atoms with Crippen LogP contribution in [0.25, 0.3) is 22.3 Å². The maximum absolute atomic E-state index is 13.4. The zero-order valence-corrected chi connectivity index (χ0v) is 17.7. The smallest absolute Gasteiger partial charge is 0.343 e. The topological polar surface area (TPSA) is 108 Å². The molecule has 3 aromatic rings. The summed E-state index contributed by atoms with van der Waals surface area (Å²) in [6.07, 6.45) is 0.985. The van der Waals surface area contributed by atoms with E-state index in [0.717, 1.165) is 27.6 Å². The SMILES string of the molecule is CCc1c2c(nc3ccc4c(c13)CC(=O)O4)-c1cc3c(c(=O)n1C2)COC(=O)[C@]3(O)CC. The van der Waals surface area contributed by atoms with E-state index < -0.39 is 11.6 Å². The van der Waals surface area contributed by atoms with Gasteiger partial charge in [-0.2, -0.15) is 0 Å². The van der Waals surface area contributed by atoms with E-state index in [1.807, 2.05) is 13.0 Å². The molecule has 1 aromatic carbocycles. The molecule has 8 nitrogen and oxygen atoms in total. The van der Waals surface area contributed by atoms with E-state index in [9.17, 15) is 19.5 Å². The Bertz CT molecular complexity index is 1450. The molecule has 0 bridgehead atoms. The molecule has 2 aromatic heterocycles. The van der Waals surface area contributed by atoms with Crippen molar-refractivity contribution in [1.82, 2.24) is 9.55 Å². The van der Waals surface area contributed by atoms with Gasteiger partial charge in [-0.05, 0) is 36.6 Å². The number of pyridine rings is 2. The number of aromatic nitrogens is 2. The van der Waals surface area contributed by atoms with Gasteiger partial charge in [-0.1, -0.05) is 13.8 Å². The summed E-state index contributed by atoms with van der Waals surface area (Å²) in [7, 11) is 0.